The number of hydrogen-bond donors (Lipinski definition) is 0. The molecule has 0 aromatic carbocycles. The molecule has 0 aromatic rings. The van der Waals surface area contributed by atoms with Gasteiger partial charge in [-0.1, -0.05) is 11.4 Å². The van der Waals surface area contributed by atoms with Crippen molar-refractivity contribution in [2.75, 3.05) is 28.2 Å². The zero-order valence-corrected chi connectivity index (χ0v) is 8.12. The van der Waals surface area contributed by atoms with E-state index in [1.165, 1.54) is 0 Å². The molecule has 0 saturated carbocycles. The lowest BCUT2D eigenvalue weighted by molar-refractivity contribution is 0.189. The van der Waals surface area contributed by atoms with Gasteiger partial charge in [-0.25, -0.2) is 0 Å². The van der Waals surface area contributed by atoms with Crippen LogP contribution in [-0.4, -0.2) is 42.7 Å². The van der Waals surface area contributed by atoms with Crippen molar-refractivity contribution in [3.8, 4) is 0 Å². The van der Waals surface area contributed by atoms with Crippen LogP contribution >= 0.6 is 19.2 Å². The number of nitrogens with zero attached hydrogens (tertiary/aromatic N) is 2. The van der Waals surface area contributed by atoms with E-state index < -0.39 is 0 Å². The van der Waals surface area contributed by atoms with Gasteiger partial charge in [0, 0.05) is 0 Å². The molecule has 1 heterocycles. The SMILES string of the molecule is CN(C)C1(N(C)C)PS1. The van der Waals surface area contributed by atoms with E-state index in [1.54, 1.807) is 0 Å². The fourth-order valence-corrected chi connectivity index (χ4v) is 4.10. The summed E-state index contributed by atoms with van der Waals surface area (Å²) in [5.41, 5.74) is 0. The topological polar surface area (TPSA) is 6.48 Å². The first-order chi connectivity index (χ1) is 4.09. The first-order valence-electron chi connectivity index (χ1n) is 2.89. The molecule has 0 bridgehead atoms. The maximum atomic E-state index is 2.27. The monoisotopic (exact) mass is 164 g/mol. The van der Waals surface area contributed by atoms with Crippen LogP contribution < -0.4 is 0 Å². The van der Waals surface area contributed by atoms with Gasteiger partial charge in [0.25, 0.3) is 0 Å². The molecule has 9 heavy (non-hydrogen) atoms. The molecule has 1 atom stereocenters. The normalized spacial score (nSPS) is 26.0. The van der Waals surface area contributed by atoms with Crippen LogP contribution in [0.15, 0.2) is 0 Å². The highest BCUT2D eigenvalue weighted by molar-refractivity contribution is 8.66. The van der Waals surface area contributed by atoms with Crippen LogP contribution in [-0.2, 0) is 0 Å². The van der Waals surface area contributed by atoms with E-state index in [4.69, 9.17) is 0 Å². The Morgan fingerprint density at radius 2 is 1.44 bits per heavy atom. The van der Waals surface area contributed by atoms with Gasteiger partial charge < -0.3 is 0 Å². The Bertz CT molecular complexity index is 102. The zero-order valence-electron chi connectivity index (χ0n) is 6.30. The Morgan fingerprint density at radius 1 is 1.11 bits per heavy atom. The summed E-state index contributed by atoms with van der Waals surface area (Å²) in [4.78, 5) is 4.55. The minimum Gasteiger partial charge on any atom is -0.279 e. The molecule has 0 aromatic heterocycles. The number of rotatable bonds is 2. The van der Waals surface area contributed by atoms with Gasteiger partial charge in [0.05, 0.1) is 0 Å². The zero-order chi connectivity index (χ0) is 7.07. The van der Waals surface area contributed by atoms with Crippen LogP contribution in [0.25, 0.3) is 0 Å². The van der Waals surface area contributed by atoms with Gasteiger partial charge in [-0.05, 0) is 36.0 Å². The molecule has 1 aliphatic heterocycles. The summed E-state index contributed by atoms with van der Waals surface area (Å²) >= 11 is 2.01. The summed E-state index contributed by atoms with van der Waals surface area (Å²) in [7, 11) is 9.55. The van der Waals surface area contributed by atoms with Gasteiger partial charge in [-0.2, -0.15) is 0 Å². The van der Waals surface area contributed by atoms with Crippen molar-refractivity contribution in [1.82, 2.24) is 9.80 Å². The van der Waals surface area contributed by atoms with E-state index in [0.29, 0.717) is 4.74 Å². The van der Waals surface area contributed by atoms with Crippen molar-refractivity contribution in [2.45, 2.75) is 4.74 Å². The predicted molar refractivity (Wildman–Crippen MR) is 46.0 cm³/mol. The molecule has 0 aliphatic carbocycles. The number of hydrogen-bond acceptors (Lipinski definition) is 3. The molecule has 1 fully saturated rings. The summed E-state index contributed by atoms with van der Waals surface area (Å²) in [6.07, 6.45) is 0. The molecule has 1 saturated heterocycles. The van der Waals surface area contributed by atoms with Crippen molar-refractivity contribution < 1.29 is 0 Å². The second-order valence-electron chi connectivity index (χ2n) is 2.60. The van der Waals surface area contributed by atoms with E-state index in [-0.39, 0.29) is 0 Å². The van der Waals surface area contributed by atoms with Crippen molar-refractivity contribution in [3.63, 3.8) is 0 Å². The molecule has 0 N–H and O–H groups in total. The highest BCUT2D eigenvalue weighted by Gasteiger charge is 2.48. The van der Waals surface area contributed by atoms with Crippen LogP contribution in [0, 0.1) is 0 Å². The molecule has 2 nitrogen and oxygen atoms in total. The van der Waals surface area contributed by atoms with Crippen molar-refractivity contribution >= 4 is 19.2 Å². The van der Waals surface area contributed by atoms with Gasteiger partial charge in [0.2, 0.25) is 0 Å². The lowest BCUT2D eigenvalue weighted by Gasteiger charge is -2.27. The van der Waals surface area contributed by atoms with Gasteiger partial charge in [0.15, 0.2) is 4.74 Å². The lowest BCUT2D eigenvalue weighted by atomic mass is 10.7. The standard InChI is InChI=1S/C5H13N2PS/c1-6(2)5(7(3)4)8-9-5/h8H,1-4H3. The molecule has 1 unspecified atom stereocenters. The van der Waals surface area contributed by atoms with Crippen molar-refractivity contribution in [2.24, 2.45) is 0 Å². The van der Waals surface area contributed by atoms with Crippen LogP contribution in [0.4, 0.5) is 0 Å². The molecular formula is C5H13N2PS. The average Bonchev–Trinajstić information content (AvgIpc) is 2.40. The quantitative estimate of drug-likeness (QED) is 0.342. The Morgan fingerprint density at radius 3 is 1.44 bits per heavy atom. The average molecular weight is 164 g/mol. The van der Waals surface area contributed by atoms with E-state index in [0.717, 1.165) is 7.78 Å². The maximum absolute atomic E-state index is 2.27. The third-order valence-electron chi connectivity index (χ3n) is 1.50. The third-order valence-corrected chi connectivity index (χ3v) is 5.40. The lowest BCUT2D eigenvalue weighted by Crippen LogP contribution is -2.40. The molecule has 0 amide bonds. The van der Waals surface area contributed by atoms with Gasteiger partial charge in [-0.3, -0.25) is 9.80 Å². The Hall–Kier alpha value is 0.700. The summed E-state index contributed by atoms with van der Waals surface area (Å²) in [6, 6.07) is 0. The predicted octanol–water partition coefficient (Wildman–Crippen LogP) is 1.06. The summed E-state index contributed by atoms with van der Waals surface area (Å²) in [5, 5.41) is 0. The second-order valence-corrected chi connectivity index (χ2v) is 5.86. The highest BCUT2D eigenvalue weighted by atomic mass is 32.8. The fraction of sp³-hybridized carbons (Fsp3) is 1.00. The van der Waals surface area contributed by atoms with Crippen LogP contribution in [0.1, 0.15) is 0 Å². The van der Waals surface area contributed by atoms with Crippen LogP contribution in [0.2, 0.25) is 0 Å². The largest absolute Gasteiger partial charge is 0.279 e. The Kier molecular flexibility index (Phi) is 2.07. The summed E-state index contributed by atoms with van der Waals surface area (Å²) < 4.78 is 0.361. The molecular weight excluding hydrogens is 151 g/mol. The fourth-order valence-electron chi connectivity index (χ4n) is 0.811. The smallest absolute Gasteiger partial charge is 0.151 e. The molecule has 1 rings (SSSR count). The first kappa shape index (κ1) is 7.80. The molecule has 0 spiro atoms. The van der Waals surface area contributed by atoms with Gasteiger partial charge >= 0.3 is 0 Å². The summed E-state index contributed by atoms with van der Waals surface area (Å²) in [5.74, 6) is 0. The molecule has 0 radical (unpaired) electrons. The maximum Gasteiger partial charge on any atom is 0.151 e. The Labute approximate surface area is 62.5 Å². The van der Waals surface area contributed by atoms with E-state index in [1.807, 2.05) is 11.4 Å². The first-order valence-corrected chi connectivity index (χ1v) is 5.44. The van der Waals surface area contributed by atoms with Gasteiger partial charge in [0.1, 0.15) is 0 Å². The second kappa shape index (κ2) is 2.39. The third kappa shape index (κ3) is 1.25. The Balaban J connectivity index is 2.52. The van der Waals surface area contributed by atoms with Crippen LogP contribution in [0.5, 0.6) is 0 Å². The van der Waals surface area contributed by atoms with Crippen molar-refractivity contribution in [1.29, 1.82) is 0 Å². The van der Waals surface area contributed by atoms with Crippen molar-refractivity contribution in [3.05, 3.63) is 0 Å². The van der Waals surface area contributed by atoms with E-state index in [2.05, 4.69) is 38.0 Å². The molecule has 54 valence electrons. The van der Waals surface area contributed by atoms with E-state index in [9.17, 15) is 0 Å². The minimum atomic E-state index is 0.361. The highest BCUT2D eigenvalue weighted by Crippen LogP contribution is 2.72. The summed E-state index contributed by atoms with van der Waals surface area (Å²) in [6.45, 7) is 0. The van der Waals surface area contributed by atoms with Crippen LogP contribution in [0.3, 0.4) is 0 Å². The molecule has 1 aliphatic rings. The van der Waals surface area contributed by atoms with Gasteiger partial charge in [-0.15, -0.1) is 0 Å². The minimum absolute atomic E-state index is 0.361. The van der Waals surface area contributed by atoms with E-state index >= 15 is 0 Å². The molecule has 4 heteroatoms.